The van der Waals surface area contributed by atoms with E-state index in [1.807, 2.05) is 13.8 Å². The lowest BCUT2D eigenvalue weighted by molar-refractivity contribution is -0.0510. The second kappa shape index (κ2) is 9.88. The van der Waals surface area contributed by atoms with Gasteiger partial charge in [0, 0.05) is 13.2 Å². The van der Waals surface area contributed by atoms with E-state index in [-0.39, 0.29) is 6.10 Å². The van der Waals surface area contributed by atoms with Crippen LogP contribution in [0.1, 0.15) is 111 Å². The van der Waals surface area contributed by atoms with Gasteiger partial charge in [-0.3, -0.25) is 0 Å². The van der Waals surface area contributed by atoms with Gasteiger partial charge in [-0.15, -0.1) is 0 Å². The van der Waals surface area contributed by atoms with Crippen molar-refractivity contribution in [1.29, 1.82) is 0 Å². The van der Waals surface area contributed by atoms with Crippen LogP contribution >= 0.6 is 0 Å². The van der Waals surface area contributed by atoms with Crippen LogP contribution in [0, 0.1) is 40.4 Å². The Hall–Kier alpha value is -0.340. The highest BCUT2D eigenvalue weighted by molar-refractivity contribution is 5.25. The number of hydrogen-bond donors (Lipinski definition) is 1. The Morgan fingerprint density at radius 1 is 0.935 bits per heavy atom. The largest absolute Gasteiger partial charge is 0.393 e. The molecule has 0 aromatic rings. The highest BCUT2D eigenvalue weighted by atomic mass is 16.5. The molecule has 7 atom stereocenters. The topological polar surface area (TPSA) is 29.5 Å². The smallest absolute Gasteiger partial charge is 0.0577 e. The van der Waals surface area contributed by atoms with Crippen LogP contribution in [0.2, 0.25) is 0 Å². The van der Waals surface area contributed by atoms with Crippen molar-refractivity contribution in [2.24, 2.45) is 40.4 Å². The van der Waals surface area contributed by atoms with Crippen LogP contribution in [0.3, 0.4) is 0 Å². The predicted molar refractivity (Wildman–Crippen MR) is 130 cm³/mol. The van der Waals surface area contributed by atoms with Crippen LogP contribution in [-0.4, -0.2) is 24.4 Å². The normalized spacial score (nSPS) is 44.9. The number of hydrogen-bond acceptors (Lipinski definition) is 2. The summed E-state index contributed by atoms with van der Waals surface area (Å²) in [5.74, 6) is 4.66. The van der Waals surface area contributed by atoms with Gasteiger partial charge in [0.1, 0.15) is 0 Å². The highest BCUT2D eigenvalue weighted by Crippen LogP contribution is 2.66. The summed E-state index contributed by atoms with van der Waals surface area (Å²) < 4.78 is 5.55. The lowest BCUT2D eigenvalue weighted by Gasteiger charge is -2.58. The third kappa shape index (κ3) is 4.42. The second-order valence-electron chi connectivity index (χ2n) is 12.0. The third-order valence-corrected chi connectivity index (χ3v) is 10.8. The molecule has 5 aliphatic rings. The monoisotopic (exact) mass is 430 g/mol. The fourth-order valence-electron chi connectivity index (χ4n) is 8.91. The van der Waals surface area contributed by atoms with Gasteiger partial charge in [-0.05, 0) is 111 Å². The van der Waals surface area contributed by atoms with E-state index in [9.17, 15) is 5.11 Å². The van der Waals surface area contributed by atoms with E-state index in [1.54, 1.807) is 5.57 Å². The molecule has 1 heterocycles. The molecule has 2 nitrogen and oxygen atoms in total. The SMILES string of the molecule is CC.CC12CCC(O)CC1=CCC1C2CCC2(C)C1CC[C@@H]2CCCC1CCOCC1. The molecule has 0 spiro atoms. The zero-order valence-corrected chi connectivity index (χ0v) is 21.0. The van der Waals surface area contributed by atoms with Gasteiger partial charge in [-0.1, -0.05) is 52.2 Å². The first-order valence-electron chi connectivity index (χ1n) is 14.0. The molecule has 31 heavy (non-hydrogen) atoms. The van der Waals surface area contributed by atoms with E-state index in [1.165, 1.54) is 70.6 Å². The number of ether oxygens (including phenoxy) is 1. The number of fused-ring (bicyclic) bond motifs is 5. The van der Waals surface area contributed by atoms with Gasteiger partial charge in [0.25, 0.3) is 0 Å². The first-order chi connectivity index (χ1) is 15.0. The maximum absolute atomic E-state index is 10.2. The summed E-state index contributed by atoms with van der Waals surface area (Å²) in [7, 11) is 0. The van der Waals surface area contributed by atoms with Crippen molar-refractivity contribution in [3.8, 4) is 0 Å². The molecule has 4 aliphatic carbocycles. The van der Waals surface area contributed by atoms with Gasteiger partial charge in [0.15, 0.2) is 0 Å². The third-order valence-electron chi connectivity index (χ3n) is 10.8. The standard InChI is InChI=1S/C27H44O2.C2H6/c1-26-15-11-25-23(8-6-21-18-22(28)10-14-27(21,25)2)24(26)9-7-20(26)5-3-4-19-12-16-29-17-13-19;1-2/h6,19-20,22-25,28H,3-5,7-18H2,1-2H3;1-2H3/t20-,22?,23?,24?,25?,26?,27?;/m0./s1. The fraction of sp³-hybridized carbons (Fsp3) is 0.931. The van der Waals surface area contributed by atoms with Crippen LogP contribution in [0.25, 0.3) is 0 Å². The summed E-state index contributed by atoms with van der Waals surface area (Å²) in [5, 5.41) is 10.2. The second-order valence-corrected chi connectivity index (χ2v) is 12.0. The summed E-state index contributed by atoms with van der Waals surface area (Å²) in [5.41, 5.74) is 2.62. The predicted octanol–water partition coefficient (Wildman–Crippen LogP) is 7.55. The van der Waals surface area contributed by atoms with Crippen molar-refractivity contribution in [3.63, 3.8) is 0 Å². The van der Waals surface area contributed by atoms with Crippen molar-refractivity contribution in [3.05, 3.63) is 11.6 Å². The van der Waals surface area contributed by atoms with Gasteiger partial charge in [-0.2, -0.15) is 0 Å². The maximum Gasteiger partial charge on any atom is 0.0577 e. The molecule has 5 rings (SSSR count). The molecule has 6 unspecified atom stereocenters. The molecule has 178 valence electrons. The van der Waals surface area contributed by atoms with Crippen LogP contribution < -0.4 is 0 Å². The van der Waals surface area contributed by atoms with Gasteiger partial charge >= 0.3 is 0 Å². The minimum Gasteiger partial charge on any atom is -0.393 e. The lowest BCUT2D eigenvalue weighted by Crippen LogP contribution is -2.50. The van der Waals surface area contributed by atoms with Crippen molar-refractivity contribution in [2.45, 2.75) is 117 Å². The molecular weight excluding hydrogens is 380 g/mol. The Bertz CT molecular complexity index is 620. The molecule has 3 saturated carbocycles. The molecule has 0 amide bonds. The quantitative estimate of drug-likeness (QED) is 0.466. The molecule has 1 aliphatic heterocycles. The van der Waals surface area contributed by atoms with E-state index in [0.29, 0.717) is 10.8 Å². The number of allylic oxidation sites excluding steroid dienone is 1. The first kappa shape index (κ1) is 23.8. The molecule has 1 N–H and O–H groups in total. The fourth-order valence-corrected chi connectivity index (χ4v) is 8.91. The molecule has 0 aromatic carbocycles. The van der Waals surface area contributed by atoms with Gasteiger partial charge in [0.05, 0.1) is 6.10 Å². The zero-order valence-electron chi connectivity index (χ0n) is 21.0. The molecular formula is C29H50O2. The Morgan fingerprint density at radius 2 is 1.71 bits per heavy atom. The van der Waals surface area contributed by atoms with E-state index < -0.39 is 0 Å². The minimum absolute atomic E-state index is 0.0775. The summed E-state index contributed by atoms with van der Waals surface area (Å²) in [6, 6.07) is 0. The number of rotatable bonds is 4. The molecule has 4 fully saturated rings. The highest BCUT2D eigenvalue weighted by Gasteiger charge is 2.58. The van der Waals surface area contributed by atoms with Crippen molar-refractivity contribution in [1.82, 2.24) is 0 Å². The number of aliphatic hydroxyl groups excluding tert-OH is 1. The van der Waals surface area contributed by atoms with Crippen LogP contribution in [-0.2, 0) is 4.74 Å². The average Bonchev–Trinajstić information content (AvgIpc) is 3.13. The summed E-state index contributed by atoms with van der Waals surface area (Å²) >= 11 is 0. The minimum atomic E-state index is -0.0775. The molecule has 0 aromatic heterocycles. The van der Waals surface area contributed by atoms with Crippen molar-refractivity contribution in [2.75, 3.05) is 13.2 Å². The Kier molecular flexibility index (Phi) is 7.59. The van der Waals surface area contributed by atoms with E-state index in [0.717, 1.165) is 55.6 Å². The van der Waals surface area contributed by atoms with Gasteiger partial charge in [-0.25, -0.2) is 0 Å². The maximum atomic E-state index is 10.2. The summed E-state index contributed by atoms with van der Waals surface area (Å²) in [4.78, 5) is 0. The molecule has 0 radical (unpaired) electrons. The van der Waals surface area contributed by atoms with E-state index >= 15 is 0 Å². The van der Waals surface area contributed by atoms with Crippen LogP contribution in [0.4, 0.5) is 0 Å². The lowest BCUT2D eigenvalue weighted by atomic mass is 9.47. The summed E-state index contributed by atoms with van der Waals surface area (Å²) in [6.07, 6.45) is 19.9. The Morgan fingerprint density at radius 3 is 2.48 bits per heavy atom. The molecule has 2 heteroatoms. The summed E-state index contributed by atoms with van der Waals surface area (Å²) in [6.45, 7) is 11.3. The van der Waals surface area contributed by atoms with Crippen LogP contribution in [0.5, 0.6) is 0 Å². The van der Waals surface area contributed by atoms with Gasteiger partial charge < -0.3 is 9.84 Å². The van der Waals surface area contributed by atoms with Gasteiger partial charge in [0.2, 0.25) is 0 Å². The average molecular weight is 431 g/mol. The van der Waals surface area contributed by atoms with Crippen molar-refractivity contribution >= 4 is 0 Å². The molecule has 1 saturated heterocycles. The Balaban J connectivity index is 0.00000112. The van der Waals surface area contributed by atoms with Crippen molar-refractivity contribution < 1.29 is 9.84 Å². The van der Waals surface area contributed by atoms with Crippen LogP contribution in [0.15, 0.2) is 11.6 Å². The Labute approximate surface area is 192 Å². The first-order valence-corrected chi connectivity index (χ1v) is 14.0. The number of aliphatic hydroxyl groups is 1. The zero-order chi connectivity index (χ0) is 22.1. The molecule has 0 bridgehead atoms. The van der Waals surface area contributed by atoms with E-state index in [2.05, 4.69) is 19.9 Å². The van der Waals surface area contributed by atoms with E-state index in [4.69, 9.17) is 4.74 Å².